The van der Waals surface area contributed by atoms with E-state index in [0.717, 1.165) is 23.7 Å². The Labute approximate surface area is 161 Å². The van der Waals surface area contributed by atoms with Crippen LogP contribution in [0.2, 0.25) is 5.02 Å². The number of nitrogens with zero attached hydrogens (tertiary/aromatic N) is 1. The van der Waals surface area contributed by atoms with Gasteiger partial charge in [-0.2, -0.15) is 0 Å². The number of morpholine rings is 1. The molecule has 138 valence electrons. The Bertz CT molecular complexity index is 485. The lowest BCUT2D eigenvalue weighted by atomic mass is 10.0. The van der Waals surface area contributed by atoms with Gasteiger partial charge >= 0.3 is 0 Å². The standard InChI is InChI=1S/C16H24ClN3O2.2ClH/c17-14-5-2-1-4-13(14)15(20-8-10-22-11-9-20)12-19-16(21)6-3-7-18;;/h1-2,4-5,15H,3,6-12,18H2,(H,19,21);2*1H. The monoisotopic (exact) mass is 397 g/mol. The number of halogens is 3. The van der Waals surface area contributed by atoms with Gasteiger partial charge in [0.25, 0.3) is 0 Å². The molecular weight excluding hydrogens is 373 g/mol. The summed E-state index contributed by atoms with van der Waals surface area (Å²) in [7, 11) is 0. The fourth-order valence-electron chi connectivity index (χ4n) is 2.63. The second-order valence-electron chi connectivity index (χ2n) is 5.38. The van der Waals surface area contributed by atoms with E-state index in [4.69, 9.17) is 22.1 Å². The van der Waals surface area contributed by atoms with Gasteiger partial charge in [0, 0.05) is 31.1 Å². The van der Waals surface area contributed by atoms with Crippen LogP contribution in [0.3, 0.4) is 0 Å². The van der Waals surface area contributed by atoms with Crippen LogP contribution in [0.25, 0.3) is 0 Å². The SMILES string of the molecule is Cl.Cl.NCCCC(=O)NCC(c1ccccc1Cl)N1CCOCC1. The number of hydrogen-bond acceptors (Lipinski definition) is 4. The Hall–Kier alpha value is -0.560. The lowest BCUT2D eigenvalue weighted by molar-refractivity contribution is -0.121. The van der Waals surface area contributed by atoms with E-state index in [0.29, 0.717) is 39.1 Å². The fraction of sp³-hybridized carbons (Fsp3) is 0.562. The lowest BCUT2D eigenvalue weighted by Gasteiger charge is -2.35. The van der Waals surface area contributed by atoms with E-state index in [-0.39, 0.29) is 36.8 Å². The second kappa shape index (κ2) is 12.8. The molecular formula is C16H26Cl3N3O2. The van der Waals surface area contributed by atoms with Crippen molar-refractivity contribution >= 4 is 42.3 Å². The molecule has 2 rings (SSSR count). The van der Waals surface area contributed by atoms with Gasteiger partial charge in [0.15, 0.2) is 0 Å². The van der Waals surface area contributed by atoms with Gasteiger partial charge < -0.3 is 15.8 Å². The van der Waals surface area contributed by atoms with Crippen LogP contribution >= 0.6 is 36.4 Å². The highest BCUT2D eigenvalue weighted by atomic mass is 35.5. The van der Waals surface area contributed by atoms with Crippen LogP contribution in [-0.4, -0.2) is 50.2 Å². The number of amides is 1. The molecule has 0 spiro atoms. The molecule has 1 aliphatic heterocycles. The zero-order valence-electron chi connectivity index (χ0n) is 13.6. The summed E-state index contributed by atoms with van der Waals surface area (Å²) in [6.07, 6.45) is 1.18. The number of carbonyl (C=O) groups excluding carboxylic acids is 1. The molecule has 0 saturated carbocycles. The van der Waals surface area contributed by atoms with E-state index in [1.165, 1.54) is 0 Å². The maximum absolute atomic E-state index is 11.9. The van der Waals surface area contributed by atoms with Gasteiger partial charge in [-0.3, -0.25) is 9.69 Å². The minimum absolute atomic E-state index is 0. The molecule has 0 aliphatic carbocycles. The van der Waals surface area contributed by atoms with Crippen LogP contribution in [0.15, 0.2) is 24.3 Å². The summed E-state index contributed by atoms with van der Waals surface area (Å²) < 4.78 is 5.42. The first-order valence-corrected chi connectivity index (χ1v) is 8.13. The summed E-state index contributed by atoms with van der Waals surface area (Å²) in [4.78, 5) is 14.2. The number of benzene rings is 1. The van der Waals surface area contributed by atoms with Crippen molar-refractivity contribution in [3.8, 4) is 0 Å². The van der Waals surface area contributed by atoms with Crippen LogP contribution < -0.4 is 11.1 Å². The molecule has 1 aliphatic rings. The Balaban J connectivity index is 0.00000264. The Morgan fingerprint density at radius 2 is 1.96 bits per heavy atom. The predicted molar refractivity (Wildman–Crippen MR) is 102 cm³/mol. The highest BCUT2D eigenvalue weighted by Gasteiger charge is 2.24. The molecule has 24 heavy (non-hydrogen) atoms. The number of carbonyl (C=O) groups is 1. The van der Waals surface area contributed by atoms with Crippen molar-refractivity contribution in [2.45, 2.75) is 18.9 Å². The van der Waals surface area contributed by atoms with Crippen LogP contribution in [0.5, 0.6) is 0 Å². The fourth-order valence-corrected chi connectivity index (χ4v) is 2.89. The zero-order valence-corrected chi connectivity index (χ0v) is 16.0. The maximum atomic E-state index is 11.9. The molecule has 1 atom stereocenters. The van der Waals surface area contributed by atoms with E-state index in [9.17, 15) is 4.79 Å². The van der Waals surface area contributed by atoms with Crippen molar-refractivity contribution in [3.63, 3.8) is 0 Å². The normalized spacial score (nSPS) is 15.8. The Morgan fingerprint density at radius 1 is 1.29 bits per heavy atom. The van der Waals surface area contributed by atoms with Gasteiger partial charge in [-0.05, 0) is 24.6 Å². The average molecular weight is 399 g/mol. The summed E-state index contributed by atoms with van der Waals surface area (Å²) in [6.45, 7) is 4.19. The topological polar surface area (TPSA) is 67.6 Å². The summed E-state index contributed by atoms with van der Waals surface area (Å²) in [5.41, 5.74) is 6.49. The summed E-state index contributed by atoms with van der Waals surface area (Å²) in [6, 6.07) is 7.88. The molecule has 3 N–H and O–H groups in total. The van der Waals surface area contributed by atoms with Crippen LogP contribution in [0, 0.1) is 0 Å². The highest BCUT2D eigenvalue weighted by molar-refractivity contribution is 6.31. The largest absolute Gasteiger partial charge is 0.379 e. The quantitative estimate of drug-likeness (QED) is 0.740. The number of rotatable bonds is 7. The van der Waals surface area contributed by atoms with Crippen LogP contribution in [0.4, 0.5) is 0 Å². The van der Waals surface area contributed by atoms with E-state index in [1.54, 1.807) is 0 Å². The van der Waals surface area contributed by atoms with Crippen LogP contribution in [-0.2, 0) is 9.53 Å². The molecule has 1 heterocycles. The van der Waals surface area contributed by atoms with Gasteiger partial charge in [-0.15, -0.1) is 24.8 Å². The van der Waals surface area contributed by atoms with Gasteiger partial charge in [0.1, 0.15) is 0 Å². The third-order valence-corrected chi connectivity index (χ3v) is 4.20. The van der Waals surface area contributed by atoms with E-state index < -0.39 is 0 Å². The zero-order chi connectivity index (χ0) is 15.8. The van der Waals surface area contributed by atoms with Gasteiger partial charge in [-0.25, -0.2) is 0 Å². The van der Waals surface area contributed by atoms with Gasteiger partial charge in [0.05, 0.1) is 19.3 Å². The first-order valence-electron chi connectivity index (χ1n) is 7.75. The van der Waals surface area contributed by atoms with E-state index in [1.807, 2.05) is 24.3 Å². The van der Waals surface area contributed by atoms with Crippen molar-refractivity contribution in [1.82, 2.24) is 10.2 Å². The summed E-state index contributed by atoms with van der Waals surface area (Å²) in [5, 5.41) is 3.74. The van der Waals surface area contributed by atoms with Crippen molar-refractivity contribution < 1.29 is 9.53 Å². The lowest BCUT2D eigenvalue weighted by Crippen LogP contribution is -2.44. The molecule has 5 nitrogen and oxygen atoms in total. The smallest absolute Gasteiger partial charge is 0.220 e. The molecule has 1 amide bonds. The molecule has 1 aromatic carbocycles. The molecule has 1 saturated heterocycles. The van der Waals surface area contributed by atoms with Crippen molar-refractivity contribution in [1.29, 1.82) is 0 Å². The number of ether oxygens (including phenoxy) is 1. The summed E-state index contributed by atoms with van der Waals surface area (Å²) in [5.74, 6) is 0.0377. The van der Waals surface area contributed by atoms with Crippen molar-refractivity contribution in [2.75, 3.05) is 39.4 Å². The molecule has 1 fully saturated rings. The molecule has 1 aromatic rings. The van der Waals surface area contributed by atoms with Crippen molar-refractivity contribution in [2.24, 2.45) is 5.73 Å². The third-order valence-electron chi connectivity index (χ3n) is 3.85. The Morgan fingerprint density at radius 3 is 2.58 bits per heavy atom. The minimum Gasteiger partial charge on any atom is -0.379 e. The van der Waals surface area contributed by atoms with Gasteiger partial charge in [0.2, 0.25) is 5.91 Å². The molecule has 0 aromatic heterocycles. The van der Waals surface area contributed by atoms with E-state index >= 15 is 0 Å². The maximum Gasteiger partial charge on any atom is 0.220 e. The molecule has 8 heteroatoms. The van der Waals surface area contributed by atoms with Crippen LogP contribution in [0.1, 0.15) is 24.4 Å². The van der Waals surface area contributed by atoms with Crippen molar-refractivity contribution in [3.05, 3.63) is 34.9 Å². The molecule has 0 radical (unpaired) electrons. The highest BCUT2D eigenvalue weighted by Crippen LogP contribution is 2.27. The number of nitrogens with one attached hydrogen (secondary N) is 1. The first-order chi connectivity index (χ1) is 10.7. The van der Waals surface area contributed by atoms with Gasteiger partial charge in [-0.1, -0.05) is 29.8 Å². The predicted octanol–water partition coefficient (Wildman–Crippen LogP) is 2.41. The molecule has 1 unspecified atom stereocenters. The number of nitrogens with two attached hydrogens (primary N) is 1. The number of hydrogen-bond donors (Lipinski definition) is 2. The average Bonchev–Trinajstić information content (AvgIpc) is 2.55. The molecule has 0 bridgehead atoms. The minimum atomic E-state index is 0. The van der Waals surface area contributed by atoms with E-state index in [2.05, 4.69) is 10.2 Å². The second-order valence-corrected chi connectivity index (χ2v) is 5.79. The Kier molecular flexibility index (Phi) is 12.5. The first kappa shape index (κ1) is 23.4. The third kappa shape index (κ3) is 7.13. The summed E-state index contributed by atoms with van der Waals surface area (Å²) >= 11 is 6.35.